The average Bonchev–Trinajstić information content (AvgIpc) is 3.28. The fourth-order valence-electron chi connectivity index (χ4n) is 2.79. The molecule has 0 unspecified atom stereocenters. The van der Waals surface area contributed by atoms with E-state index in [0.717, 1.165) is 27.6 Å². The Balaban J connectivity index is 1.48. The third kappa shape index (κ3) is 3.14. The fourth-order valence-corrected chi connectivity index (χ4v) is 2.79. The number of carbonyl (C=O) groups excluding carboxylic acids is 1. The highest BCUT2D eigenvalue weighted by molar-refractivity contribution is 5.98. The zero-order valence-corrected chi connectivity index (χ0v) is 13.7. The molecule has 4 aromatic rings. The van der Waals surface area contributed by atoms with E-state index in [1.54, 1.807) is 23.3 Å². The highest BCUT2D eigenvalue weighted by Gasteiger charge is 2.08. The number of pyridine rings is 1. The monoisotopic (exact) mass is 331 g/mol. The van der Waals surface area contributed by atoms with Gasteiger partial charge < -0.3 is 10.3 Å². The van der Waals surface area contributed by atoms with Gasteiger partial charge in [-0.05, 0) is 35.9 Å². The lowest BCUT2D eigenvalue weighted by Crippen LogP contribution is -2.22. The molecule has 6 nitrogen and oxygen atoms in total. The predicted molar refractivity (Wildman–Crippen MR) is 95.9 cm³/mol. The summed E-state index contributed by atoms with van der Waals surface area (Å²) in [4.78, 5) is 19.8. The standard InChI is InChI=1S/C19H17N5O/c1-24-12-17(11-23-24)16-6-13(8-20-10-16)9-22-19(25)15-2-3-18-14(7-15)4-5-21-18/h2-8,10-12,21H,9H2,1H3,(H,22,25). The van der Waals surface area contributed by atoms with Gasteiger partial charge in [-0.15, -0.1) is 0 Å². The van der Waals surface area contributed by atoms with Gasteiger partial charge in [-0.2, -0.15) is 5.10 Å². The van der Waals surface area contributed by atoms with E-state index in [9.17, 15) is 4.79 Å². The van der Waals surface area contributed by atoms with Crippen molar-refractivity contribution in [2.75, 3.05) is 0 Å². The van der Waals surface area contributed by atoms with Crippen LogP contribution in [-0.4, -0.2) is 25.7 Å². The molecule has 0 spiro atoms. The molecule has 1 aromatic carbocycles. The Morgan fingerprint density at radius 2 is 2.08 bits per heavy atom. The van der Waals surface area contributed by atoms with E-state index in [0.29, 0.717) is 12.1 Å². The van der Waals surface area contributed by atoms with Crippen molar-refractivity contribution in [1.82, 2.24) is 25.1 Å². The summed E-state index contributed by atoms with van der Waals surface area (Å²) in [7, 11) is 1.88. The first kappa shape index (κ1) is 15.1. The largest absolute Gasteiger partial charge is 0.361 e. The SMILES string of the molecule is Cn1cc(-c2cncc(CNC(=O)c3ccc4[nH]ccc4c3)c2)cn1. The topological polar surface area (TPSA) is 75.6 Å². The van der Waals surface area contributed by atoms with Gasteiger partial charge in [0, 0.05) is 66.0 Å². The molecule has 2 N–H and O–H groups in total. The first-order valence-electron chi connectivity index (χ1n) is 7.97. The van der Waals surface area contributed by atoms with E-state index in [1.807, 2.05) is 49.8 Å². The summed E-state index contributed by atoms with van der Waals surface area (Å²) in [6.07, 6.45) is 9.15. The summed E-state index contributed by atoms with van der Waals surface area (Å²) in [5, 5.41) is 8.14. The highest BCUT2D eigenvalue weighted by atomic mass is 16.1. The molecule has 0 radical (unpaired) electrons. The lowest BCUT2D eigenvalue weighted by Gasteiger charge is -2.07. The smallest absolute Gasteiger partial charge is 0.251 e. The molecule has 3 heterocycles. The van der Waals surface area contributed by atoms with Crippen LogP contribution in [0.1, 0.15) is 15.9 Å². The van der Waals surface area contributed by atoms with Crippen LogP contribution in [-0.2, 0) is 13.6 Å². The zero-order chi connectivity index (χ0) is 17.2. The molecule has 6 heteroatoms. The Morgan fingerprint density at radius 3 is 2.92 bits per heavy atom. The number of aromatic amines is 1. The lowest BCUT2D eigenvalue weighted by atomic mass is 10.1. The second-order valence-electron chi connectivity index (χ2n) is 5.95. The average molecular weight is 331 g/mol. The van der Waals surface area contributed by atoms with Crippen molar-refractivity contribution in [3.05, 3.63) is 72.4 Å². The first-order chi connectivity index (χ1) is 12.2. The molecule has 0 fully saturated rings. The fraction of sp³-hybridized carbons (Fsp3) is 0.105. The minimum atomic E-state index is -0.102. The molecule has 1 amide bonds. The van der Waals surface area contributed by atoms with Crippen molar-refractivity contribution in [3.8, 4) is 11.1 Å². The van der Waals surface area contributed by atoms with Crippen molar-refractivity contribution in [2.24, 2.45) is 7.05 Å². The number of carbonyl (C=O) groups is 1. The number of nitrogens with one attached hydrogen (secondary N) is 2. The third-order valence-electron chi connectivity index (χ3n) is 4.10. The highest BCUT2D eigenvalue weighted by Crippen LogP contribution is 2.18. The molecule has 124 valence electrons. The number of rotatable bonds is 4. The summed E-state index contributed by atoms with van der Waals surface area (Å²) in [6, 6.07) is 9.58. The molecule has 0 aliphatic carbocycles. The minimum absolute atomic E-state index is 0.102. The molecule has 3 aromatic heterocycles. The van der Waals surface area contributed by atoms with Gasteiger partial charge in [0.25, 0.3) is 5.91 Å². The van der Waals surface area contributed by atoms with Crippen LogP contribution in [0.2, 0.25) is 0 Å². The molecule has 0 saturated carbocycles. The van der Waals surface area contributed by atoms with E-state index in [1.165, 1.54) is 0 Å². The second-order valence-corrected chi connectivity index (χ2v) is 5.95. The van der Waals surface area contributed by atoms with Crippen molar-refractivity contribution >= 4 is 16.8 Å². The zero-order valence-electron chi connectivity index (χ0n) is 13.7. The quantitative estimate of drug-likeness (QED) is 0.604. The van der Waals surface area contributed by atoms with Crippen LogP contribution in [0.15, 0.2) is 61.3 Å². The number of nitrogens with zero attached hydrogens (tertiary/aromatic N) is 3. The van der Waals surface area contributed by atoms with Crippen LogP contribution in [0.25, 0.3) is 22.0 Å². The molecule has 25 heavy (non-hydrogen) atoms. The number of hydrogen-bond donors (Lipinski definition) is 2. The number of aromatic nitrogens is 4. The maximum atomic E-state index is 12.4. The molecule has 0 bridgehead atoms. The van der Waals surface area contributed by atoms with Gasteiger partial charge in [0.15, 0.2) is 0 Å². The number of H-pyrrole nitrogens is 1. The van der Waals surface area contributed by atoms with Crippen LogP contribution in [0, 0.1) is 0 Å². The maximum Gasteiger partial charge on any atom is 0.251 e. The van der Waals surface area contributed by atoms with Gasteiger partial charge in [-0.25, -0.2) is 0 Å². The van der Waals surface area contributed by atoms with Gasteiger partial charge in [-0.3, -0.25) is 14.5 Å². The summed E-state index contributed by atoms with van der Waals surface area (Å²) in [5.41, 5.74) is 4.58. The number of benzene rings is 1. The van der Waals surface area contributed by atoms with Gasteiger partial charge in [0.05, 0.1) is 6.20 Å². The van der Waals surface area contributed by atoms with E-state index in [2.05, 4.69) is 20.4 Å². The van der Waals surface area contributed by atoms with E-state index in [4.69, 9.17) is 0 Å². The molecule has 0 aliphatic rings. The summed E-state index contributed by atoms with van der Waals surface area (Å²) in [5.74, 6) is -0.102. The third-order valence-corrected chi connectivity index (χ3v) is 4.10. The van der Waals surface area contributed by atoms with Crippen LogP contribution < -0.4 is 5.32 Å². The van der Waals surface area contributed by atoms with Crippen LogP contribution in [0.4, 0.5) is 0 Å². The first-order valence-corrected chi connectivity index (χ1v) is 7.97. The van der Waals surface area contributed by atoms with Crippen LogP contribution in [0.3, 0.4) is 0 Å². The van der Waals surface area contributed by atoms with Crippen molar-refractivity contribution in [1.29, 1.82) is 0 Å². The molecule has 0 saturated heterocycles. The Kier molecular flexibility index (Phi) is 3.78. The van der Waals surface area contributed by atoms with Crippen molar-refractivity contribution in [3.63, 3.8) is 0 Å². The van der Waals surface area contributed by atoms with E-state index in [-0.39, 0.29) is 5.91 Å². The Labute approximate surface area is 144 Å². The van der Waals surface area contributed by atoms with Crippen molar-refractivity contribution in [2.45, 2.75) is 6.54 Å². The summed E-state index contributed by atoms with van der Waals surface area (Å²) >= 11 is 0. The number of fused-ring (bicyclic) bond motifs is 1. The Hall–Kier alpha value is -3.41. The lowest BCUT2D eigenvalue weighted by molar-refractivity contribution is 0.0951. The number of aryl methyl sites for hydroxylation is 1. The van der Waals surface area contributed by atoms with Gasteiger partial charge in [-0.1, -0.05) is 0 Å². The molecular weight excluding hydrogens is 314 g/mol. The molecule has 0 aliphatic heterocycles. The summed E-state index contributed by atoms with van der Waals surface area (Å²) < 4.78 is 1.75. The maximum absolute atomic E-state index is 12.4. The normalized spacial score (nSPS) is 10.9. The van der Waals surface area contributed by atoms with Gasteiger partial charge in [0.1, 0.15) is 0 Å². The Morgan fingerprint density at radius 1 is 1.16 bits per heavy atom. The minimum Gasteiger partial charge on any atom is -0.361 e. The van der Waals surface area contributed by atoms with Crippen LogP contribution in [0.5, 0.6) is 0 Å². The number of hydrogen-bond acceptors (Lipinski definition) is 3. The second kappa shape index (κ2) is 6.24. The number of amides is 1. The van der Waals surface area contributed by atoms with Gasteiger partial charge >= 0.3 is 0 Å². The molecule has 0 atom stereocenters. The Bertz CT molecular complexity index is 1050. The van der Waals surface area contributed by atoms with Gasteiger partial charge in [0.2, 0.25) is 0 Å². The predicted octanol–water partition coefficient (Wildman–Crippen LogP) is 2.89. The molecule has 4 rings (SSSR count). The van der Waals surface area contributed by atoms with E-state index >= 15 is 0 Å². The van der Waals surface area contributed by atoms with E-state index < -0.39 is 0 Å². The summed E-state index contributed by atoms with van der Waals surface area (Å²) in [6.45, 7) is 0.422. The molecular formula is C19H17N5O. The van der Waals surface area contributed by atoms with Crippen molar-refractivity contribution < 1.29 is 4.79 Å². The van der Waals surface area contributed by atoms with Crippen LogP contribution >= 0.6 is 0 Å².